The summed E-state index contributed by atoms with van der Waals surface area (Å²) in [6.45, 7) is 13.1. The van der Waals surface area contributed by atoms with Gasteiger partial charge in [0.2, 0.25) is 0 Å². The number of pyridine rings is 1. The van der Waals surface area contributed by atoms with Crippen LogP contribution in [-0.2, 0) is 0 Å². The maximum Gasteiger partial charge on any atom is 0.270 e. The zero-order valence-corrected chi connectivity index (χ0v) is 16.6. The third kappa shape index (κ3) is 3.70. The molecule has 6 heteroatoms. The molecule has 0 bridgehead atoms. The molecule has 0 aromatic carbocycles. The van der Waals surface area contributed by atoms with Crippen LogP contribution >= 0.6 is 0 Å². The zero-order valence-electron chi connectivity index (χ0n) is 16.6. The first-order valence-electron chi connectivity index (χ1n) is 9.32. The summed E-state index contributed by atoms with van der Waals surface area (Å²) in [5, 5.41) is 6.88. The SMILES string of the molecule is CCOc1cccn2c(C(=O)NC3CC(C)(C)NC(C)(C)C3)c(C)nc12. The lowest BCUT2D eigenvalue weighted by molar-refractivity contribution is 0.0867. The minimum absolute atomic E-state index is 0.0175. The maximum absolute atomic E-state index is 13.1. The van der Waals surface area contributed by atoms with Crippen LogP contribution in [0.4, 0.5) is 0 Å². The highest BCUT2D eigenvalue weighted by atomic mass is 16.5. The van der Waals surface area contributed by atoms with Crippen molar-refractivity contribution in [3.8, 4) is 5.75 Å². The number of imidazole rings is 1. The number of nitrogens with zero attached hydrogens (tertiary/aromatic N) is 2. The fourth-order valence-electron chi connectivity index (χ4n) is 4.38. The van der Waals surface area contributed by atoms with Gasteiger partial charge in [0.25, 0.3) is 5.91 Å². The lowest BCUT2D eigenvalue weighted by Crippen LogP contribution is -2.62. The second-order valence-corrected chi connectivity index (χ2v) is 8.52. The van der Waals surface area contributed by atoms with Crippen molar-refractivity contribution in [2.24, 2.45) is 0 Å². The number of hydrogen-bond acceptors (Lipinski definition) is 4. The molecular weight excluding hydrogens is 328 g/mol. The Labute approximate surface area is 155 Å². The summed E-state index contributed by atoms with van der Waals surface area (Å²) in [5.74, 6) is 0.614. The van der Waals surface area contributed by atoms with Gasteiger partial charge in [0.15, 0.2) is 11.4 Å². The molecule has 2 aromatic heterocycles. The third-order valence-corrected chi connectivity index (χ3v) is 4.83. The molecule has 1 fully saturated rings. The molecule has 0 aliphatic carbocycles. The number of hydrogen-bond donors (Lipinski definition) is 2. The smallest absolute Gasteiger partial charge is 0.270 e. The van der Waals surface area contributed by atoms with E-state index in [-0.39, 0.29) is 23.0 Å². The number of ether oxygens (including phenoxy) is 1. The Morgan fingerprint density at radius 3 is 2.62 bits per heavy atom. The minimum atomic E-state index is -0.0813. The predicted octanol–water partition coefficient (Wildman–Crippen LogP) is 3.08. The summed E-state index contributed by atoms with van der Waals surface area (Å²) in [7, 11) is 0. The van der Waals surface area contributed by atoms with Gasteiger partial charge >= 0.3 is 0 Å². The fourth-order valence-corrected chi connectivity index (χ4v) is 4.38. The average Bonchev–Trinajstić information content (AvgIpc) is 2.81. The van der Waals surface area contributed by atoms with E-state index in [9.17, 15) is 4.79 Å². The number of piperidine rings is 1. The Kier molecular flexibility index (Phi) is 4.73. The predicted molar refractivity (Wildman–Crippen MR) is 103 cm³/mol. The van der Waals surface area contributed by atoms with Crippen LogP contribution in [0.3, 0.4) is 0 Å². The van der Waals surface area contributed by atoms with E-state index in [4.69, 9.17) is 4.74 Å². The Bertz CT molecular complexity index is 807. The largest absolute Gasteiger partial charge is 0.490 e. The van der Waals surface area contributed by atoms with Crippen molar-refractivity contribution in [1.29, 1.82) is 0 Å². The lowest BCUT2D eigenvalue weighted by Gasteiger charge is -2.46. The zero-order chi connectivity index (χ0) is 19.1. The topological polar surface area (TPSA) is 67.7 Å². The van der Waals surface area contributed by atoms with Gasteiger partial charge < -0.3 is 15.4 Å². The van der Waals surface area contributed by atoms with Crippen LogP contribution < -0.4 is 15.4 Å². The molecule has 1 aliphatic rings. The molecule has 6 nitrogen and oxygen atoms in total. The summed E-state index contributed by atoms with van der Waals surface area (Å²) in [6.07, 6.45) is 3.65. The molecule has 0 saturated carbocycles. The molecule has 0 atom stereocenters. The molecule has 3 heterocycles. The summed E-state index contributed by atoms with van der Waals surface area (Å²) >= 11 is 0. The highest BCUT2D eigenvalue weighted by Crippen LogP contribution is 2.29. The standard InChI is InChI=1S/C20H30N4O2/c1-7-26-15-9-8-10-24-16(13(2)21-17(15)24)18(25)22-14-11-19(3,4)23-20(5,6)12-14/h8-10,14,23H,7,11-12H2,1-6H3,(H,22,25). The van der Waals surface area contributed by atoms with Crippen LogP contribution in [0.25, 0.3) is 5.65 Å². The molecule has 2 aromatic rings. The first-order chi connectivity index (χ1) is 12.1. The number of nitrogens with one attached hydrogen (secondary N) is 2. The average molecular weight is 358 g/mol. The summed E-state index contributed by atoms with van der Waals surface area (Å²) in [6, 6.07) is 3.88. The lowest BCUT2D eigenvalue weighted by atomic mass is 9.79. The fraction of sp³-hybridized carbons (Fsp3) is 0.600. The van der Waals surface area contributed by atoms with Crippen molar-refractivity contribution in [2.45, 2.75) is 71.5 Å². The normalized spacial score (nSPS) is 19.5. The maximum atomic E-state index is 13.1. The van der Waals surface area contributed by atoms with Crippen LogP contribution in [0.1, 0.15) is 63.6 Å². The van der Waals surface area contributed by atoms with Crippen LogP contribution in [-0.4, -0.2) is 39.0 Å². The van der Waals surface area contributed by atoms with Gasteiger partial charge in [0.05, 0.1) is 12.3 Å². The Balaban J connectivity index is 1.89. The van der Waals surface area contributed by atoms with E-state index in [1.807, 2.05) is 36.6 Å². The molecule has 2 N–H and O–H groups in total. The van der Waals surface area contributed by atoms with Crippen molar-refractivity contribution < 1.29 is 9.53 Å². The highest BCUT2D eigenvalue weighted by Gasteiger charge is 2.38. The van der Waals surface area contributed by atoms with Crippen LogP contribution in [0, 0.1) is 6.92 Å². The first-order valence-corrected chi connectivity index (χ1v) is 9.32. The Morgan fingerprint density at radius 2 is 2.00 bits per heavy atom. The van der Waals surface area contributed by atoms with Gasteiger partial charge in [-0.25, -0.2) is 4.98 Å². The molecule has 0 spiro atoms. The number of rotatable bonds is 4. The van der Waals surface area contributed by atoms with Gasteiger partial charge in [-0.05, 0) is 66.5 Å². The van der Waals surface area contributed by atoms with Crippen molar-refractivity contribution >= 4 is 11.6 Å². The van der Waals surface area contributed by atoms with Crippen molar-refractivity contribution in [2.75, 3.05) is 6.61 Å². The van der Waals surface area contributed by atoms with Crippen LogP contribution in [0.15, 0.2) is 18.3 Å². The van der Waals surface area contributed by atoms with Gasteiger partial charge in [-0.3, -0.25) is 9.20 Å². The molecule has 142 valence electrons. The first kappa shape index (κ1) is 18.7. The second kappa shape index (κ2) is 6.58. The number of fused-ring (bicyclic) bond motifs is 1. The van der Waals surface area contributed by atoms with Gasteiger partial charge in [-0.1, -0.05) is 0 Å². The van der Waals surface area contributed by atoms with Gasteiger partial charge in [-0.2, -0.15) is 0 Å². The van der Waals surface area contributed by atoms with Crippen molar-refractivity contribution in [3.63, 3.8) is 0 Å². The van der Waals surface area contributed by atoms with Crippen molar-refractivity contribution in [1.82, 2.24) is 20.0 Å². The molecule has 1 aliphatic heterocycles. The Morgan fingerprint density at radius 1 is 1.35 bits per heavy atom. The summed E-state index contributed by atoms with van der Waals surface area (Å²) < 4.78 is 7.47. The summed E-state index contributed by atoms with van der Waals surface area (Å²) in [5.41, 5.74) is 1.94. The number of aromatic nitrogens is 2. The quantitative estimate of drug-likeness (QED) is 0.881. The van der Waals surface area contributed by atoms with Gasteiger partial charge in [-0.15, -0.1) is 0 Å². The van der Waals surface area contributed by atoms with Crippen molar-refractivity contribution in [3.05, 3.63) is 29.7 Å². The number of carbonyl (C=O) groups excluding carboxylic acids is 1. The van der Waals surface area contributed by atoms with E-state index in [2.05, 4.69) is 43.3 Å². The van der Waals surface area contributed by atoms with E-state index in [1.54, 1.807) is 0 Å². The molecule has 0 unspecified atom stereocenters. The van der Waals surface area contributed by atoms with Crippen LogP contribution in [0.5, 0.6) is 5.75 Å². The summed E-state index contributed by atoms with van der Waals surface area (Å²) in [4.78, 5) is 17.6. The molecular formula is C20H30N4O2. The molecule has 1 saturated heterocycles. The van der Waals surface area contributed by atoms with Gasteiger partial charge in [0.1, 0.15) is 5.69 Å². The van der Waals surface area contributed by atoms with Gasteiger partial charge in [0, 0.05) is 23.3 Å². The van der Waals surface area contributed by atoms with E-state index >= 15 is 0 Å². The Hall–Kier alpha value is -2.08. The second-order valence-electron chi connectivity index (χ2n) is 8.52. The van der Waals surface area contributed by atoms with E-state index < -0.39 is 0 Å². The minimum Gasteiger partial charge on any atom is -0.490 e. The third-order valence-electron chi connectivity index (χ3n) is 4.83. The van der Waals surface area contributed by atoms with E-state index in [0.717, 1.165) is 12.8 Å². The van der Waals surface area contributed by atoms with Crippen LogP contribution in [0.2, 0.25) is 0 Å². The monoisotopic (exact) mass is 358 g/mol. The van der Waals surface area contributed by atoms with E-state index in [0.29, 0.717) is 29.4 Å². The number of aryl methyl sites for hydroxylation is 1. The van der Waals surface area contributed by atoms with E-state index in [1.165, 1.54) is 0 Å². The molecule has 0 radical (unpaired) electrons. The number of amides is 1. The number of carbonyl (C=O) groups is 1. The molecule has 1 amide bonds. The molecule has 26 heavy (non-hydrogen) atoms. The highest BCUT2D eigenvalue weighted by molar-refractivity contribution is 5.95. The molecule has 3 rings (SSSR count).